The maximum Gasteiger partial charge on any atom is 0.357 e. The molecular formula is C13H6ClFN2O2S. The van der Waals surface area contributed by atoms with Crippen LogP contribution >= 0.6 is 22.9 Å². The molecule has 20 heavy (non-hydrogen) atoms. The molecule has 0 saturated carbocycles. The number of rotatable bonds is 2. The van der Waals surface area contributed by atoms with Gasteiger partial charge in [0.2, 0.25) is 0 Å². The van der Waals surface area contributed by atoms with E-state index in [4.69, 9.17) is 16.7 Å². The van der Waals surface area contributed by atoms with Crippen molar-refractivity contribution in [3.8, 4) is 10.4 Å². The van der Waals surface area contributed by atoms with Crippen LogP contribution in [0, 0.1) is 5.82 Å². The summed E-state index contributed by atoms with van der Waals surface area (Å²) in [5.41, 5.74) is 0.496. The van der Waals surface area contributed by atoms with E-state index in [1.165, 1.54) is 23.5 Å². The quantitative estimate of drug-likeness (QED) is 0.781. The minimum Gasteiger partial charge on any atom is -0.476 e. The molecule has 1 aromatic carbocycles. The highest BCUT2D eigenvalue weighted by Gasteiger charge is 2.17. The van der Waals surface area contributed by atoms with Crippen LogP contribution < -0.4 is 0 Å². The van der Waals surface area contributed by atoms with Gasteiger partial charge in [-0.3, -0.25) is 0 Å². The fraction of sp³-hybridized carbons (Fsp3) is 0. The van der Waals surface area contributed by atoms with Crippen molar-refractivity contribution in [3.05, 3.63) is 47.0 Å². The Morgan fingerprint density at radius 1 is 1.30 bits per heavy atom. The summed E-state index contributed by atoms with van der Waals surface area (Å²) in [4.78, 5) is 11.8. The second-order valence-electron chi connectivity index (χ2n) is 4.01. The van der Waals surface area contributed by atoms with Crippen molar-refractivity contribution >= 4 is 39.0 Å². The van der Waals surface area contributed by atoms with Gasteiger partial charge in [-0.2, -0.15) is 0 Å². The van der Waals surface area contributed by atoms with Crippen LogP contribution in [0.15, 0.2) is 30.3 Å². The van der Waals surface area contributed by atoms with Crippen molar-refractivity contribution in [2.75, 3.05) is 0 Å². The number of fused-ring (bicyclic) bond motifs is 1. The lowest BCUT2D eigenvalue weighted by Gasteiger charge is -1.96. The highest BCUT2D eigenvalue weighted by Crippen LogP contribution is 2.37. The van der Waals surface area contributed by atoms with E-state index >= 15 is 0 Å². The molecule has 0 aliphatic carbocycles. The molecule has 1 N–H and O–H groups in total. The Hall–Kier alpha value is -2.05. The monoisotopic (exact) mass is 308 g/mol. The summed E-state index contributed by atoms with van der Waals surface area (Å²) in [5, 5.41) is 16.9. The zero-order valence-electron chi connectivity index (χ0n) is 9.80. The predicted octanol–water partition coefficient (Wildman–Crippen LogP) is 3.85. The number of carbonyl (C=O) groups is 1. The molecule has 2 heterocycles. The standard InChI is InChI=1S/C13H6ClFN2O2S/c14-12-8-5-9(6-2-1-3-7(15)4-6)20-11(8)10(13(18)19)16-17-12/h1-5H,(H,18,19). The molecule has 0 unspecified atom stereocenters. The van der Waals surface area contributed by atoms with E-state index in [0.29, 0.717) is 20.5 Å². The van der Waals surface area contributed by atoms with E-state index in [2.05, 4.69) is 10.2 Å². The molecule has 0 saturated heterocycles. The van der Waals surface area contributed by atoms with Gasteiger partial charge in [0.15, 0.2) is 10.8 Å². The first kappa shape index (κ1) is 13.0. The average molecular weight is 309 g/mol. The summed E-state index contributed by atoms with van der Waals surface area (Å²) >= 11 is 7.13. The van der Waals surface area contributed by atoms with Crippen LogP contribution in [0.1, 0.15) is 10.5 Å². The fourth-order valence-corrected chi connectivity index (χ4v) is 3.21. The topological polar surface area (TPSA) is 63.1 Å². The molecular weight excluding hydrogens is 303 g/mol. The largest absolute Gasteiger partial charge is 0.476 e. The number of carboxylic acids is 1. The number of hydrogen-bond acceptors (Lipinski definition) is 4. The lowest BCUT2D eigenvalue weighted by Crippen LogP contribution is -2.01. The first-order valence-electron chi connectivity index (χ1n) is 5.51. The SMILES string of the molecule is O=C(O)c1nnc(Cl)c2cc(-c3cccc(F)c3)sc12. The average Bonchev–Trinajstić information content (AvgIpc) is 2.84. The molecule has 2 aromatic heterocycles. The van der Waals surface area contributed by atoms with E-state index in [9.17, 15) is 9.18 Å². The zero-order chi connectivity index (χ0) is 14.3. The van der Waals surface area contributed by atoms with Gasteiger partial charge in [0.25, 0.3) is 0 Å². The third-order valence-corrected chi connectivity index (χ3v) is 4.19. The lowest BCUT2D eigenvalue weighted by molar-refractivity contribution is 0.0692. The highest BCUT2D eigenvalue weighted by molar-refractivity contribution is 7.22. The van der Waals surface area contributed by atoms with Gasteiger partial charge >= 0.3 is 5.97 Å². The van der Waals surface area contributed by atoms with Crippen molar-refractivity contribution in [2.24, 2.45) is 0 Å². The highest BCUT2D eigenvalue weighted by atomic mass is 35.5. The number of halogens is 2. The van der Waals surface area contributed by atoms with Crippen LogP contribution in [-0.2, 0) is 0 Å². The Bertz CT molecular complexity index is 834. The maximum absolute atomic E-state index is 13.3. The summed E-state index contributed by atoms with van der Waals surface area (Å²) in [6, 6.07) is 7.74. The molecule has 100 valence electrons. The van der Waals surface area contributed by atoms with Gasteiger partial charge in [-0.05, 0) is 23.8 Å². The van der Waals surface area contributed by atoms with Crippen LogP contribution in [0.4, 0.5) is 4.39 Å². The number of benzene rings is 1. The Balaban J connectivity index is 2.27. The van der Waals surface area contributed by atoms with E-state index < -0.39 is 5.97 Å². The Morgan fingerprint density at radius 2 is 2.10 bits per heavy atom. The molecule has 0 radical (unpaired) electrons. The molecule has 0 aliphatic heterocycles. The Morgan fingerprint density at radius 3 is 2.80 bits per heavy atom. The van der Waals surface area contributed by atoms with Crippen molar-refractivity contribution < 1.29 is 14.3 Å². The van der Waals surface area contributed by atoms with Crippen molar-refractivity contribution in [1.29, 1.82) is 0 Å². The second-order valence-corrected chi connectivity index (χ2v) is 5.42. The molecule has 3 rings (SSSR count). The molecule has 0 amide bonds. The molecule has 0 atom stereocenters. The first-order chi connectivity index (χ1) is 9.56. The molecule has 4 nitrogen and oxygen atoms in total. The third kappa shape index (κ3) is 2.13. The third-order valence-electron chi connectivity index (χ3n) is 2.72. The van der Waals surface area contributed by atoms with Crippen molar-refractivity contribution in [2.45, 2.75) is 0 Å². The van der Waals surface area contributed by atoms with Crippen LogP contribution in [0.2, 0.25) is 5.15 Å². The summed E-state index contributed by atoms with van der Waals surface area (Å²) < 4.78 is 13.7. The maximum atomic E-state index is 13.3. The molecule has 0 bridgehead atoms. The zero-order valence-corrected chi connectivity index (χ0v) is 11.4. The van der Waals surface area contributed by atoms with Crippen molar-refractivity contribution in [1.82, 2.24) is 10.2 Å². The van der Waals surface area contributed by atoms with Gasteiger partial charge in [0.05, 0.1) is 4.70 Å². The predicted molar refractivity (Wildman–Crippen MR) is 74.8 cm³/mol. The van der Waals surface area contributed by atoms with Gasteiger partial charge < -0.3 is 5.11 Å². The number of hydrogen-bond donors (Lipinski definition) is 1. The van der Waals surface area contributed by atoms with Crippen LogP contribution in [0.3, 0.4) is 0 Å². The van der Waals surface area contributed by atoms with Gasteiger partial charge in [0, 0.05) is 10.3 Å². The molecule has 7 heteroatoms. The molecule has 0 fully saturated rings. The number of nitrogens with zero attached hydrogens (tertiary/aromatic N) is 2. The number of aromatic carboxylic acids is 1. The van der Waals surface area contributed by atoms with Gasteiger partial charge in [-0.25, -0.2) is 9.18 Å². The van der Waals surface area contributed by atoms with E-state index in [-0.39, 0.29) is 16.7 Å². The fourth-order valence-electron chi connectivity index (χ4n) is 1.84. The van der Waals surface area contributed by atoms with E-state index in [1.807, 2.05) is 0 Å². The molecule has 0 spiro atoms. The van der Waals surface area contributed by atoms with E-state index in [0.717, 1.165) is 0 Å². The molecule has 3 aromatic rings. The number of thiophene rings is 1. The first-order valence-corrected chi connectivity index (χ1v) is 6.70. The van der Waals surface area contributed by atoms with E-state index in [1.54, 1.807) is 18.2 Å². The van der Waals surface area contributed by atoms with Crippen LogP contribution in [-0.4, -0.2) is 21.3 Å². The summed E-state index contributed by atoms with van der Waals surface area (Å²) in [6.45, 7) is 0. The minimum absolute atomic E-state index is 0.129. The lowest BCUT2D eigenvalue weighted by atomic mass is 10.1. The molecule has 0 aliphatic rings. The Labute approximate surface area is 121 Å². The summed E-state index contributed by atoms with van der Waals surface area (Å²) in [6.07, 6.45) is 0. The number of carboxylic acid groups (broad SMARTS) is 1. The minimum atomic E-state index is -1.17. The van der Waals surface area contributed by atoms with Crippen molar-refractivity contribution in [3.63, 3.8) is 0 Å². The van der Waals surface area contributed by atoms with Gasteiger partial charge in [0.1, 0.15) is 5.82 Å². The second kappa shape index (κ2) is 4.81. The smallest absolute Gasteiger partial charge is 0.357 e. The normalized spacial score (nSPS) is 10.9. The van der Waals surface area contributed by atoms with Gasteiger partial charge in [-0.15, -0.1) is 21.5 Å². The Kier molecular flexibility index (Phi) is 3.11. The summed E-state index contributed by atoms with van der Waals surface area (Å²) in [7, 11) is 0. The van der Waals surface area contributed by atoms with Crippen LogP contribution in [0.25, 0.3) is 20.5 Å². The number of aromatic nitrogens is 2. The van der Waals surface area contributed by atoms with Crippen LogP contribution in [0.5, 0.6) is 0 Å². The van der Waals surface area contributed by atoms with Gasteiger partial charge in [-0.1, -0.05) is 23.7 Å². The summed E-state index contributed by atoms with van der Waals surface area (Å²) in [5.74, 6) is -1.53.